The molecule has 0 amide bonds. The van der Waals surface area contributed by atoms with Crippen molar-refractivity contribution in [2.24, 2.45) is 7.05 Å². The lowest BCUT2D eigenvalue weighted by atomic mass is 9.98. The second-order valence-electron chi connectivity index (χ2n) is 7.61. The van der Waals surface area contributed by atoms with E-state index in [2.05, 4.69) is 82.6 Å². The fourth-order valence-corrected chi connectivity index (χ4v) is 4.97. The highest BCUT2D eigenvalue weighted by Gasteiger charge is 2.18. The van der Waals surface area contributed by atoms with E-state index in [0.29, 0.717) is 0 Å². The summed E-state index contributed by atoms with van der Waals surface area (Å²) in [4.78, 5) is 9.45. The summed E-state index contributed by atoms with van der Waals surface area (Å²) in [6.07, 6.45) is 1.58. The molecule has 0 radical (unpaired) electrons. The molecule has 0 aliphatic carbocycles. The largest absolute Gasteiger partial charge is 0.324 e. The molecular formula is C24H23N5S. The maximum absolute atomic E-state index is 5.07. The predicted molar refractivity (Wildman–Crippen MR) is 124 cm³/mol. The van der Waals surface area contributed by atoms with Gasteiger partial charge in [-0.3, -0.25) is 0 Å². The lowest BCUT2D eigenvalue weighted by Crippen LogP contribution is -1.98. The van der Waals surface area contributed by atoms with Gasteiger partial charge in [0.15, 0.2) is 5.82 Å². The van der Waals surface area contributed by atoms with Gasteiger partial charge in [0.25, 0.3) is 0 Å². The summed E-state index contributed by atoms with van der Waals surface area (Å²) in [5, 5.41) is 8.64. The molecular weight excluding hydrogens is 390 g/mol. The molecule has 0 atom stereocenters. The Labute approximate surface area is 179 Å². The minimum Gasteiger partial charge on any atom is -0.324 e. The number of rotatable bonds is 4. The average molecular weight is 414 g/mol. The molecule has 3 heterocycles. The van der Waals surface area contributed by atoms with Crippen LogP contribution in [0.3, 0.4) is 0 Å². The second-order valence-corrected chi connectivity index (χ2v) is 8.35. The summed E-state index contributed by atoms with van der Waals surface area (Å²) in [6.45, 7) is 7.35. The normalized spacial score (nSPS) is 11.5. The molecule has 6 heteroatoms. The van der Waals surface area contributed by atoms with E-state index in [0.717, 1.165) is 34.8 Å². The van der Waals surface area contributed by atoms with Crippen LogP contribution in [0.1, 0.15) is 18.1 Å². The van der Waals surface area contributed by atoms with Crippen molar-refractivity contribution >= 4 is 22.4 Å². The van der Waals surface area contributed by atoms with Crippen LogP contribution in [0.15, 0.2) is 53.5 Å². The Morgan fingerprint density at radius 2 is 1.77 bits per heavy atom. The second kappa shape index (κ2) is 7.22. The first kappa shape index (κ1) is 18.8. The topological polar surface area (TPSA) is 48.5 Å². The van der Waals surface area contributed by atoms with Gasteiger partial charge < -0.3 is 4.57 Å². The number of hydrogen-bond acceptors (Lipinski definition) is 4. The van der Waals surface area contributed by atoms with Gasteiger partial charge in [-0.15, -0.1) is 0 Å². The molecule has 0 saturated heterocycles. The monoisotopic (exact) mass is 413 g/mol. The van der Waals surface area contributed by atoms with Crippen molar-refractivity contribution in [3.63, 3.8) is 0 Å². The van der Waals surface area contributed by atoms with E-state index in [1.807, 2.05) is 7.05 Å². The van der Waals surface area contributed by atoms with Crippen LogP contribution in [0.4, 0.5) is 0 Å². The van der Waals surface area contributed by atoms with E-state index in [9.17, 15) is 0 Å². The first-order valence-electron chi connectivity index (χ1n) is 10.1. The van der Waals surface area contributed by atoms with Crippen LogP contribution in [0.25, 0.3) is 44.9 Å². The third-order valence-electron chi connectivity index (χ3n) is 5.61. The van der Waals surface area contributed by atoms with E-state index in [4.69, 9.17) is 4.98 Å². The van der Waals surface area contributed by atoms with Gasteiger partial charge in [-0.05, 0) is 55.5 Å². The van der Waals surface area contributed by atoms with E-state index in [1.165, 1.54) is 27.8 Å². The van der Waals surface area contributed by atoms with Crippen LogP contribution in [-0.2, 0) is 13.6 Å². The van der Waals surface area contributed by atoms with Gasteiger partial charge in [0, 0.05) is 35.7 Å². The van der Waals surface area contributed by atoms with Gasteiger partial charge in [-0.1, -0.05) is 23.8 Å². The van der Waals surface area contributed by atoms with Crippen molar-refractivity contribution in [1.29, 1.82) is 0 Å². The third kappa shape index (κ3) is 2.95. The zero-order valence-electron chi connectivity index (χ0n) is 17.5. The molecule has 2 aromatic carbocycles. The number of nitrogens with zero attached hydrogens (tertiary/aromatic N) is 5. The number of aryl methyl sites for hydroxylation is 4. The standard InChI is InChI=1S/C24H23N5S/c1-5-29-22-9-7-17(23-25-14-26-28(23)4)11-21(22)27-24(29)20-13-30-12-19(20)18-8-6-15(2)10-16(18)3/h6-14H,5H2,1-4H3. The number of fused-ring (bicyclic) bond motifs is 1. The molecule has 0 fully saturated rings. The fraction of sp³-hybridized carbons (Fsp3) is 0.208. The summed E-state index contributed by atoms with van der Waals surface area (Å²) >= 11 is 1.73. The Kier molecular flexibility index (Phi) is 4.51. The van der Waals surface area contributed by atoms with Crippen molar-refractivity contribution in [3.8, 4) is 33.9 Å². The highest BCUT2D eigenvalue weighted by atomic mass is 32.1. The van der Waals surface area contributed by atoms with Crippen LogP contribution in [0.5, 0.6) is 0 Å². The molecule has 150 valence electrons. The lowest BCUT2D eigenvalue weighted by molar-refractivity contribution is 0.774. The van der Waals surface area contributed by atoms with Crippen LogP contribution in [0, 0.1) is 13.8 Å². The molecule has 0 unspecified atom stereocenters. The molecule has 3 aromatic heterocycles. The highest BCUT2D eigenvalue weighted by molar-refractivity contribution is 7.08. The molecule has 0 N–H and O–H groups in total. The quantitative estimate of drug-likeness (QED) is 0.370. The summed E-state index contributed by atoms with van der Waals surface area (Å²) in [7, 11) is 1.91. The Morgan fingerprint density at radius 3 is 2.50 bits per heavy atom. The number of thiophene rings is 1. The van der Waals surface area contributed by atoms with E-state index >= 15 is 0 Å². The van der Waals surface area contributed by atoms with Gasteiger partial charge in [-0.25, -0.2) is 14.6 Å². The highest BCUT2D eigenvalue weighted by Crippen LogP contribution is 2.38. The Balaban J connectivity index is 1.69. The Hall–Kier alpha value is -3.25. The smallest absolute Gasteiger partial charge is 0.157 e. The molecule has 0 saturated carbocycles. The molecule has 30 heavy (non-hydrogen) atoms. The first-order chi connectivity index (χ1) is 14.6. The fourth-order valence-electron chi connectivity index (χ4n) is 4.15. The first-order valence-corrected chi connectivity index (χ1v) is 11.0. The van der Waals surface area contributed by atoms with E-state index in [1.54, 1.807) is 22.3 Å². The molecule has 5 rings (SSSR count). The van der Waals surface area contributed by atoms with Crippen molar-refractivity contribution in [2.75, 3.05) is 0 Å². The minimum absolute atomic E-state index is 0.844. The molecule has 5 nitrogen and oxygen atoms in total. The van der Waals surface area contributed by atoms with Gasteiger partial charge in [0.2, 0.25) is 0 Å². The van der Waals surface area contributed by atoms with Gasteiger partial charge >= 0.3 is 0 Å². The summed E-state index contributed by atoms with van der Waals surface area (Å²) in [5.74, 6) is 1.86. The van der Waals surface area contributed by atoms with Crippen LogP contribution < -0.4 is 0 Å². The van der Waals surface area contributed by atoms with Gasteiger partial charge in [0.05, 0.1) is 11.0 Å². The third-order valence-corrected chi connectivity index (χ3v) is 6.35. The molecule has 0 aliphatic rings. The maximum Gasteiger partial charge on any atom is 0.157 e. The average Bonchev–Trinajstić information content (AvgIpc) is 3.44. The van der Waals surface area contributed by atoms with Crippen LogP contribution in [-0.4, -0.2) is 24.3 Å². The van der Waals surface area contributed by atoms with E-state index in [-0.39, 0.29) is 0 Å². The van der Waals surface area contributed by atoms with Crippen molar-refractivity contribution < 1.29 is 0 Å². The summed E-state index contributed by atoms with van der Waals surface area (Å²) < 4.78 is 4.08. The summed E-state index contributed by atoms with van der Waals surface area (Å²) in [6, 6.07) is 13.0. The van der Waals surface area contributed by atoms with Crippen LogP contribution in [0.2, 0.25) is 0 Å². The number of imidazole rings is 1. The van der Waals surface area contributed by atoms with Crippen molar-refractivity contribution in [2.45, 2.75) is 27.3 Å². The Bertz CT molecular complexity index is 1370. The SMILES string of the molecule is CCn1c(-c2cscc2-c2ccc(C)cc2C)nc2cc(-c3ncnn3C)ccc21. The maximum atomic E-state index is 5.07. The number of aromatic nitrogens is 5. The zero-order chi connectivity index (χ0) is 20.8. The van der Waals surface area contributed by atoms with Crippen LogP contribution >= 0.6 is 11.3 Å². The molecule has 0 bridgehead atoms. The van der Waals surface area contributed by atoms with Crippen molar-refractivity contribution in [3.05, 3.63) is 64.6 Å². The lowest BCUT2D eigenvalue weighted by Gasteiger charge is -2.10. The molecule has 0 spiro atoms. The van der Waals surface area contributed by atoms with E-state index < -0.39 is 0 Å². The van der Waals surface area contributed by atoms with Gasteiger partial charge in [0.1, 0.15) is 12.2 Å². The number of benzene rings is 2. The summed E-state index contributed by atoms with van der Waals surface area (Å²) in [5.41, 5.74) is 9.41. The Morgan fingerprint density at radius 1 is 0.933 bits per heavy atom. The number of hydrogen-bond donors (Lipinski definition) is 0. The minimum atomic E-state index is 0.844. The predicted octanol–water partition coefficient (Wildman–Crippen LogP) is 5.86. The van der Waals surface area contributed by atoms with Gasteiger partial charge in [-0.2, -0.15) is 16.4 Å². The molecule has 5 aromatic rings. The van der Waals surface area contributed by atoms with Crippen molar-refractivity contribution in [1.82, 2.24) is 24.3 Å². The zero-order valence-corrected chi connectivity index (χ0v) is 18.4. The molecule has 0 aliphatic heterocycles.